The van der Waals surface area contributed by atoms with Gasteiger partial charge in [-0.1, -0.05) is 0 Å². The summed E-state index contributed by atoms with van der Waals surface area (Å²) in [6, 6.07) is 1.86. The Bertz CT molecular complexity index is 477. The van der Waals surface area contributed by atoms with Gasteiger partial charge < -0.3 is 9.84 Å². The van der Waals surface area contributed by atoms with Crippen LogP contribution in [0.2, 0.25) is 0 Å². The van der Waals surface area contributed by atoms with Gasteiger partial charge in [0, 0.05) is 5.75 Å². The number of hydrogen-bond acceptors (Lipinski definition) is 5. The minimum absolute atomic E-state index is 0.0944. The van der Waals surface area contributed by atoms with Gasteiger partial charge in [0.05, 0.1) is 13.5 Å². The fourth-order valence-corrected chi connectivity index (χ4v) is 4.18. The molecular weight excluding hydrogens is 284 g/mol. The van der Waals surface area contributed by atoms with E-state index in [0.29, 0.717) is 17.1 Å². The van der Waals surface area contributed by atoms with Crippen molar-refractivity contribution in [1.29, 1.82) is 0 Å². The highest BCUT2D eigenvalue weighted by atomic mass is 32.2. The summed E-state index contributed by atoms with van der Waals surface area (Å²) in [6.45, 7) is 0. The lowest BCUT2D eigenvalue weighted by Gasteiger charge is -2.12. The summed E-state index contributed by atoms with van der Waals surface area (Å²) in [5.41, 5.74) is 0.966. The Hall–Kier alpha value is -1.01. The van der Waals surface area contributed by atoms with Crippen LogP contribution >= 0.6 is 23.1 Å². The monoisotopic (exact) mass is 300 g/mol. The van der Waals surface area contributed by atoms with Crippen molar-refractivity contribution in [3.8, 4) is 0 Å². The molecule has 0 aromatic carbocycles. The molecule has 2 rings (SSSR count). The second-order valence-electron chi connectivity index (χ2n) is 4.83. The van der Waals surface area contributed by atoms with E-state index in [2.05, 4.69) is 0 Å². The number of rotatable bonds is 7. The smallest absolute Gasteiger partial charge is 0.346 e. The number of carbonyl (C=O) groups excluding carboxylic acids is 1. The standard InChI is InChI=1S/C13H16O4S2/c1-17-10(14)6-13(3-4-13)8-18-7-9-2-5-19-11(9)12(15)16/h2,5H,3-4,6-8H2,1H3,(H,15,16). The number of hydrogen-bond donors (Lipinski definition) is 1. The van der Waals surface area contributed by atoms with E-state index in [1.54, 1.807) is 17.1 Å². The molecule has 0 saturated heterocycles. The zero-order valence-corrected chi connectivity index (χ0v) is 12.3. The predicted octanol–water partition coefficient (Wildman–Crippen LogP) is 3.02. The van der Waals surface area contributed by atoms with Crippen molar-refractivity contribution in [3.63, 3.8) is 0 Å². The molecule has 4 nitrogen and oxygen atoms in total. The molecule has 19 heavy (non-hydrogen) atoms. The van der Waals surface area contributed by atoms with Gasteiger partial charge in [-0.3, -0.25) is 4.79 Å². The van der Waals surface area contributed by atoms with Gasteiger partial charge in [-0.05, 0) is 41.0 Å². The first kappa shape index (κ1) is 14.4. The minimum Gasteiger partial charge on any atom is -0.477 e. The van der Waals surface area contributed by atoms with E-state index >= 15 is 0 Å². The largest absolute Gasteiger partial charge is 0.477 e. The van der Waals surface area contributed by atoms with Gasteiger partial charge in [0.2, 0.25) is 0 Å². The lowest BCUT2D eigenvalue weighted by Crippen LogP contribution is -2.13. The van der Waals surface area contributed by atoms with E-state index in [9.17, 15) is 9.59 Å². The summed E-state index contributed by atoms with van der Waals surface area (Å²) in [5, 5.41) is 10.8. The topological polar surface area (TPSA) is 63.6 Å². The SMILES string of the molecule is COC(=O)CC1(CSCc2ccsc2C(=O)O)CC1. The Morgan fingerprint density at radius 1 is 1.53 bits per heavy atom. The van der Waals surface area contributed by atoms with Gasteiger partial charge in [0.1, 0.15) is 4.88 Å². The lowest BCUT2D eigenvalue weighted by molar-refractivity contribution is -0.141. The summed E-state index contributed by atoms with van der Waals surface area (Å²) >= 11 is 2.96. The van der Waals surface area contributed by atoms with E-state index in [1.165, 1.54) is 18.4 Å². The number of carboxylic acid groups (broad SMARTS) is 1. The van der Waals surface area contributed by atoms with E-state index in [-0.39, 0.29) is 11.4 Å². The highest BCUT2D eigenvalue weighted by Gasteiger charge is 2.44. The molecule has 1 aliphatic carbocycles. The Balaban J connectivity index is 1.82. The number of thioether (sulfide) groups is 1. The quantitative estimate of drug-likeness (QED) is 0.784. The van der Waals surface area contributed by atoms with Crippen LogP contribution in [0.3, 0.4) is 0 Å². The molecule has 6 heteroatoms. The normalized spacial score (nSPS) is 16.1. The van der Waals surface area contributed by atoms with Crippen LogP contribution in [-0.4, -0.2) is 29.9 Å². The molecule has 0 radical (unpaired) electrons. The van der Waals surface area contributed by atoms with Crippen LogP contribution < -0.4 is 0 Å². The molecule has 1 heterocycles. The van der Waals surface area contributed by atoms with Crippen LogP contribution in [0.5, 0.6) is 0 Å². The van der Waals surface area contributed by atoms with Gasteiger partial charge in [0.25, 0.3) is 0 Å². The molecule has 1 aliphatic rings. The number of carbonyl (C=O) groups is 2. The first-order valence-corrected chi connectivity index (χ1v) is 8.04. The molecule has 1 saturated carbocycles. The second-order valence-corrected chi connectivity index (χ2v) is 6.73. The van der Waals surface area contributed by atoms with Gasteiger partial charge in [0.15, 0.2) is 0 Å². The molecule has 1 aromatic heterocycles. The summed E-state index contributed by atoms with van der Waals surface area (Å²) < 4.78 is 4.70. The number of ether oxygens (including phenoxy) is 1. The average Bonchev–Trinajstić information content (AvgIpc) is 2.95. The van der Waals surface area contributed by atoms with Crippen molar-refractivity contribution in [2.24, 2.45) is 5.41 Å². The Morgan fingerprint density at radius 3 is 2.84 bits per heavy atom. The first-order valence-electron chi connectivity index (χ1n) is 6.00. The number of esters is 1. The highest BCUT2D eigenvalue weighted by molar-refractivity contribution is 7.98. The predicted molar refractivity (Wildman–Crippen MR) is 75.7 cm³/mol. The maximum absolute atomic E-state index is 11.3. The molecular formula is C13H16O4S2. The Morgan fingerprint density at radius 2 is 2.26 bits per heavy atom. The molecule has 0 aliphatic heterocycles. The molecule has 0 unspecified atom stereocenters. The van der Waals surface area contributed by atoms with E-state index in [0.717, 1.165) is 24.2 Å². The van der Waals surface area contributed by atoms with Gasteiger partial charge in [-0.2, -0.15) is 11.8 Å². The van der Waals surface area contributed by atoms with Gasteiger partial charge >= 0.3 is 11.9 Å². The van der Waals surface area contributed by atoms with Crippen LogP contribution in [0, 0.1) is 5.41 Å². The highest BCUT2D eigenvalue weighted by Crippen LogP contribution is 2.51. The van der Waals surface area contributed by atoms with Crippen molar-refractivity contribution in [2.75, 3.05) is 12.9 Å². The van der Waals surface area contributed by atoms with Crippen molar-refractivity contribution in [3.05, 3.63) is 21.9 Å². The fraction of sp³-hybridized carbons (Fsp3) is 0.538. The second kappa shape index (κ2) is 5.96. The van der Waals surface area contributed by atoms with Crippen molar-refractivity contribution >= 4 is 35.0 Å². The molecule has 1 fully saturated rings. The number of thiophene rings is 1. The van der Waals surface area contributed by atoms with Crippen LogP contribution in [0.4, 0.5) is 0 Å². The third kappa shape index (κ3) is 3.73. The number of methoxy groups -OCH3 is 1. The molecule has 1 aromatic rings. The molecule has 1 N–H and O–H groups in total. The van der Waals surface area contributed by atoms with Gasteiger partial charge in [-0.25, -0.2) is 4.79 Å². The maximum atomic E-state index is 11.3. The Labute approximate surface area is 120 Å². The zero-order valence-electron chi connectivity index (χ0n) is 10.7. The van der Waals surface area contributed by atoms with E-state index < -0.39 is 5.97 Å². The third-order valence-electron chi connectivity index (χ3n) is 3.31. The molecule has 0 atom stereocenters. The fourth-order valence-electron chi connectivity index (χ4n) is 1.94. The lowest BCUT2D eigenvalue weighted by atomic mass is 10.1. The number of carboxylic acids is 1. The first-order chi connectivity index (χ1) is 9.06. The summed E-state index contributed by atoms with van der Waals surface area (Å²) in [6.07, 6.45) is 2.60. The Kier molecular flexibility index (Phi) is 4.52. The average molecular weight is 300 g/mol. The zero-order chi connectivity index (χ0) is 13.9. The van der Waals surface area contributed by atoms with Gasteiger partial charge in [-0.15, -0.1) is 11.3 Å². The van der Waals surface area contributed by atoms with E-state index in [1.807, 2.05) is 6.07 Å². The van der Waals surface area contributed by atoms with E-state index in [4.69, 9.17) is 9.84 Å². The minimum atomic E-state index is -0.860. The van der Waals surface area contributed by atoms with Crippen molar-refractivity contribution in [2.45, 2.75) is 25.0 Å². The molecule has 0 amide bonds. The molecule has 0 bridgehead atoms. The number of aromatic carboxylic acids is 1. The summed E-state index contributed by atoms with van der Waals surface area (Å²) in [4.78, 5) is 22.7. The van der Waals surface area contributed by atoms with Crippen LogP contribution in [-0.2, 0) is 15.3 Å². The van der Waals surface area contributed by atoms with Crippen molar-refractivity contribution < 1.29 is 19.4 Å². The third-order valence-corrected chi connectivity index (χ3v) is 5.59. The maximum Gasteiger partial charge on any atom is 0.346 e. The summed E-state index contributed by atoms with van der Waals surface area (Å²) in [5.74, 6) is 0.562. The van der Waals surface area contributed by atoms with Crippen LogP contribution in [0.1, 0.15) is 34.5 Å². The van der Waals surface area contributed by atoms with Crippen LogP contribution in [0.15, 0.2) is 11.4 Å². The van der Waals surface area contributed by atoms with Crippen LogP contribution in [0.25, 0.3) is 0 Å². The molecule has 104 valence electrons. The van der Waals surface area contributed by atoms with Crippen molar-refractivity contribution in [1.82, 2.24) is 0 Å². The summed E-state index contributed by atoms with van der Waals surface area (Å²) in [7, 11) is 1.41. The molecule has 0 spiro atoms.